The number of furan rings is 1. The standard InChI is InChI=1S/C9H9N3O4/c1-2-11(6-5-10)9(13)7-3-4-8(16-7)12(14)15/h3-4H,2,6H2,1H3. The number of hydrogen-bond donors (Lipinski definition) is 0. The van der Waals surface area contributed by atoms with Gasteiger partial charge >= 0.3 is 5.88 Å². The molecule has 0 radical (unpaired) electrons. The Balaban J connectivity index is 2.87. The normalized spacial score (nSPS) is 9.50. The van der Waals surface area contributed by atoms with Gasteiger partial charge in [0.05, 0.1) is 12.1 Å². The molecule has 0 fully saturated rings. The first-order valence-electron chi connectivity index (χ1n) is 4.50. The van der Waals surface area contributed by atoms with Crippen LogP contribution < -0.4 is 0 Å². The van der Waals surface area contributed by atoms with Gasteiger partial charge in [0.1, 0.15) is 11.5 Å². The lowest BCUT2D eigenvalue weighted by molar-refractivity contribution is -0.402. The highest BCUT2D eigenvalue weighted by atomic mass is 16.6. The van der Waals surface area contributed by atoms with Gasteiger partial charge in [0.2, 0.25) is 0 Å². The summed E-state index contributed by atoms with van der Waals surface area (Å²) in [4.78, 5) is 22.5. The van der Waals surface area contributed by atoms with Gasteiger partial charge in [-0.3, -0.25) is 14.9 Å². The molecule has 1 aromatic heterocycles. The molecular weight excluding hydrogens is 214 g/mol. The first-order chi connectivity index (χ1) is 7.60. The third-order valence-electron chi connectivity index (χ3n) is 1.91. The second-order valence-corrected chi connectivity index (χ2v) is 2.87. The van der Waals surface area contributed by atoms with Gasteiger partial charge < -0.3 is 9.32 Å². The number of rotatable bonds is 4. The molecular formula is C9H9N3O4. The van der Waals surface area contributed by atoms with Crippen molar-refractivity contribution in [2.24, 2.45) is 0 Å². The zero-order valence-electron chi connectivity index (χ0n) is 8.54. The fourth-order valence-corrected chi connectivity index (χ4v) is 1.11. The summed E-state index contributed by atoms with van der Waals surface area (Å²) in [5, 5.41) is 18.8. The molecule has 0 saturated heterocycles. The minimum Gasteiger partial charge on any atom is -0.395 e. The number of amides is 1. The second-order valence-electron chi connectivity index (χ2n) is 2.87. The maximum Gasteiger partial charge on any atom is 0.433 e. The molecule has 0 aliphatic heterocycles. The Morgan fingerprint density at radius 2 is 2.38 bits per heavy atom. The summed E-state index contributed by atoms with van der Waals surface area (Å²) >= 11 is 0. The van der Waals surface area contributed by atoms with E-state index in [1.54, 1.807) is 6.92 Å². The highest BCUT2D eigenvalue weighted by Gasteiger charge is 2.21. The number of nitro groups is 1. The van der Waals surface area contributed by atoms with Crippen molar-refractivity contribution in [2.75, 3.05) is 13.1 Å². The average Bonchev–Trinajstić information content (AvgIpc) is 2.74. The van der Waals surface area contributed by atoms with Crippen molar-refractivity contribution in [1.82, 2.24) is 4.90 Å². The summed E-state index contributed by atoms with van der Waals surface area (Å²) in [7, 11) is 0. The van der Waals surface area contributed by atoms with E-state index >= 15 is 0 Å². The molecule has 0 N–H and O–H groups in total. The number of hydrogen-bond acceptors (Lipinski definition) is 5. The molecule has 1 aromatic rings. The maximum atomic E-state index is 11.7. The van der Waals surface area contributed by atoms with Crippen LogP contribution >= 0.6 is 0 Å². The Morgan fingerprint density at radius 1 is 1.69 bits per heavy atom. The number of carbonyl (C=O) groups is 1. The molecule has 84 valence electrons. The van der Waals surface area contributed by atoms with Gasteiger partial charge in [0.25, 0.3) is 5.91 Å². The lowest BCUT2D eigenvalue weighted by Crippen LogP contribution is -2.30. The van der Waals surface area contributed by atoms with E-state index in [2.05, 4.69) is 0 Å². The van der Waals surface area contributed by atoms with E-state index in [-0.39, 0.29) is 12.3 Å². The van der Waals surface area contributed by atoms with Crippen LogP contribution in [0.15, 0.2) is 16.5 Å². The van der Waals surface area contributed by atoms with E-state index in [9.17, 15) is 14.9 Å². The average molecular weight is 223 g/mol. The Labute approximate surface area is 91.0 Å². The molecule has 0 saturated carbocycles. The lowest BCUT2D eigenvalue weighted by Gasteiger charge is -2.14. The van der Waals surface area contributed by atoms with Crippen LogP contribution in [0.5, 0.6) is 0 Å². The van der Waals surface area contributed by atoms with Crippen LogP contribution in [0, 0.1) is 21.4 Å². The SMILES string of the molecule is CCN(CC#N)C(=O)c1ccc([N+](=O)[O-])o1. The van der Waals surface area contributed by atoms with Crippen LogP contribution in [0.1, 0.15) is 17.5 Å². The maximum absolute atomic E-state index is 11.7. The predicted molar refractivity (Wildman–Crippen MR) is 52.6 cm³/mol. The molecule has 0 unspecified atom stereocenters. The molecule has 0 aliphatic carbocycles. The Hall–Kier alpha value is -2.36. The molecule has 7 nitrogen and oxygen atoms in total. The van der Waals surface area contributed by atoms with Crippen LogP contribution in [0.2, 0.25) is 0 Å². The summed E-state index contributed by atoms with van der Waals surface area (Å²) in [6, 6.07) is 4.16. The van der Waals surface area contributed by atoms with E-state index in [1.807, 2.05) is 6.07 Å². The zero-order valence-corrected chi connectivity index (χ0v) is 8.54. The van der Waals surface area contributed by atoms with E-state index in [0.717, 1.165) is 6.07 Å². The van der Waals surface area contributed by atoms with Gasteiger partial charge in [0.15, 0.2) is 5.76 Å². The van der Waals surface area contributed by atoms with Crippen molar-refractivity contribution in [3.05, 3.63) is 28.0 Å². The molecule has 1 heterocycles. The molecule has 1 rings (SSSR count). The van der Waals surface area contributed by atoms with Crippen molar-refractivity contribution in [2.45, 2.75) is 6.92 Å². The summed E-state index contributed by atoms with van der Waals surface area (Å²) < 4.78 is 4.74. The smallest absolute Gasteiger partial charge is 0.395 e. The lowest BCUT2D eigenvalue weighted by atomic mass is 10.3. The van der Waals surface area contributed by atoms with Crippen LogP contribution in [-0.2, 0) is 0 Å². The van der Waals surface area contributed by atoms with Gasteiger partial charge in [0, 0.05) is 6.54 Å². The Morgan fingerprint density at radius 3 is 2.81 bits per heavy atom. The first-order valence-corrected chi connectivity index (χ1v) is 4.50. The monoisotopic (exact) mass is 223 g/mol. The molecule has 16 heavy (non-hydrogen) atoms. The summed E-state index contributed by atoms with van der Waals surface area (Å²) in [6.45, 7) is 1.96. The minimum absolute atomic E-state index is 0.0795. The first kappa shape index (κ1) is 11.7. The van der Waals surface area contributed by atoms with Crippen molar-refractivity contribution >= 4 is 11.8 Å². The van der Waals surface area contributed by atoms with E-state index in [1.165, 1.54) is 11.0 Å². The summed E-state index contributed by atoms with van der Waals surface area (Å²) in [5.74, 6) is -1.16. The highest BCUT2D eigenvalue weighted by Crippen LogP contribution is 2.16. The van der Waals surface area contributed by atoms with Crippen LogP contribution in [-0.4, -0.2) is 28.8 Å². The Bertz CT molecular complexity index is 446. The second kappa shape index (κ2) is 4.93. The topological polar surface area (TPSA) is 100 Å². The van der Waals surface area contributed by atoms with Crippen molar-refractivity contribution in [1.29, 1.82) is 5.26 Å². The zero-order chi connectivity index (χ0) is 12.1. The third-order valence-corrected chi connectivity index (χ3v) is 1.91. The van der Waals surface area contributed by atoms with Crippen LogP contribution in [0.4, 0.5) is 5.88 Å². The third kappa shape index (κ3) is 2.36. The van der Waals surface area contributed by atoms with E-state index in [4.69, 9.17) is 9.68 Å². The predicted octanol–water partition coefficient (Wildman–Crippen LogP) is 1.17. The van der Waals surface area contributed by atoms with E-state index in [0.29, 0.717) is 6.54 Å². The molecule has 0 atom stereocenters. The molecule has 0 aliphatic rings. The molecule has 7 heteroatoms. The van der Waals surface area contributed by atoms with Gasteiger partial charge in [-0.1, -0.05) is 0 Å². The highest BCUT2D eigenvalue weighted by molar-refractivity contribution is 5.91. The largest absolute Gasteiger partial charge is 0.433 e. The van der Waals surface area contributed by atoms with Gasteiger partial charge in [-0.05, 0) is 13.0 Å². The van der Waals surface area contributed by atoms with Crippen molar-refractivity contribution in [3.8, 4) is 6.07 Å². The van der Waals surface area contributed by atoms with Gasteiger partial charge in [-0.25, -0.2) is 0 Å². The quantitative estimate of drug-likeness (QED) is 0.433. The number of carbonyl (C=O) groups excluding carboxylic acids is 1. The van der Waals surface area contributed by atoms with Crippen LogP contribution in [0.25, 0.3) is 0 Å². The summed E-state index contributed by atoms with van der Waals surface area (Å²) in [6.07, 6.45) is 0. The van der Waals surface area contributed by atoms with Crippen molar-refractivity contribution in [3.63, 3.8) is 0 Å². The molecule has 0 aromatic carbocycles. The van der Waals surface area contributed by atoms with E-state index < -0.39 is 16.7 Å². The summed E-state index contributed by atoms with van der Waals surface area (Å²) in [5.41, 5.74) is 0. The fraction of sp³-hybridized carbons (Fsp3) is 0.333. The van der Waals surface area contributed by atoms with Gasteiger partial charge in [-0.15, -0.1) is 0 Å². The fourth-order valence-electron chi connectivity index (χ4n) is 1.11. The Kier molecular flexibility index (Phi) is 3.61. The molecule has 1 amide bonds. The van der Waals surface area contributed by atoms with Crippen molar-refractivity contribution < 1.29 is 14.1 Å². The van der Waals surface area contributed by atoms with Gasteiger partial charge in [-0.2, -0.15) is 5.26 Å². The molecule has 0 spiro atoms. The number of nitrogens with zero attached hydrogens (tertiary/aromatic N) is 3. The minimum atomic E-state index is -0.725. The number of nitriles is 1. The molecule has 0 bridgehead atoms. The van der Waals surface area contributed by atoms with Crippen LogP contribution in [0.3, 0.4) is 0 Å².